The molecule has 0 N–H and O–H groups in total. The Kier molecular flexibility index (Phi) is 2.62. The quantitative estimate of drug-likeness (QED) is 0.416. The smallest absolute Gasteiger partial charge is 0.225 e. The fourth-order valence-electron chi connectivity index (χ4n) is 2.46. The zero-order chi connectivity index (χ0) is 11.9. The number of hydrogen-bond donors (Lipinski definition) is 0. The fraction of sp³-hybridized carbons (Fsp3) is 0.500. The molecule has 0 spiro atoms. The number of carbonyl (C=O) groups is 2. The standard InChI is InChI=1S/C12H17NO2Si/c1-4-16(2,3)13-11(14)9-7-5-6-8-10(9)12(13)15/h4-6,9-10H,1,7-8H2,2-3H3. The Morgan fingerprint density at radius 1 is 1.25 bits per heavy atom. The molecule has 2 rings (SSSR count). The van der Waals surface area contributed by atoms with E-state index in [0.29, 0.717) is 12.8 Å². The van der Waals surface area contributed by atoms with Gasteiger partial charge < -0.3 is 4.57 Å². The van der Waals surface area contributed by atoms with E-state index in [2.05, 4.69) is 6.58 Å². The normalized spacial score (nSPS) is 29.5. The second-order valence-corrected chi connectivity index (χ2v) is 9.19. The van der Waals surface area contributed by atoms with Crippen molar-refractivity contribution in [3.63, 3.8) is 0 Å². The predicted molar refractivity (Wildman–Crippen MR) is 64.9 cm³/mol. The first-order chi connectivity index (χ1) is 7.49. The molecule has 86 valence electrons. The van der Waals surface area contributed by atoms with Crippen LogP contribution >= 0.6 is 0 Å². The lowest BCUT2D eigenvalue weighted by Gasteiger charge is -2.29. The number of fused-ring (bicyclic) bond motifs is 1. The minimum absolute atomic E-state index is 0.0240. The fourth-order valence-corrected chi connectivity index (χ4v) is 4.11. The Labute approximate surface area is 96.9 Å². The zero-order valence-electron chi connectivity index (χ0n) is 9.77. The molecule has 2 atom stereocenters. The molecule has 2 amide bonds. The van der Waals surface area contributed by atoms with E-state index in [0.717, 1.165) is 0 Å². The molecule has 2 aliphatic rings. The average Bonchev–Trinajstić information content (AvgIpc) is 2.53. The van der Waals surface area contributed by atoms with E-state index in [4.69, 9.17) is 0 Å². The van der Waals surface area contributed by atoms with E-state index in [1.54, 1.807) is 5.70 Å². The first kappa shape index (κ1) is 11.3. The highest BCUT2D eigenvalue weighted by Gasteiger charge is 2.51. The Hall–Kier alpha value is -1.16. The molecular formula is C12H17NO2Si. The van der Waals surface area contributed by atoms with Crippen LogP contribution in [0.5, 0.6) is 0 Å². The zero-order valence-corrected chi connectivity index (χ0v) is 10.8. The minimum atomic E-state index is -2.09. The molecule has 1 fully saturated rings. The number of nitrogens with zero attached hydrogens (tertiary/aromatic N) is 1. The van der Waals surface area contributed by atoms with Crippen LogP contribution in [0.2, 0.25) is 13.1 Å². The van der Waals surface area contributed by atoms with Crippen molar-refractivity contribution in [2.45, 2.75) is 25.9 Å². The lowest BCUT2D eigenvalue weighted by molar-refractivity contribution is -0.134. The van der Waals surface area contributed by atoms with Crippen molar-refractivity contribution >= 4 is 20.0 Å². The maximum Gasteiger partial charge on any atom is 0.225 e. The summed E-state index contributed by atoms with van der Waals surface area (Å²) in [5, 5.41) is 0. The second kappa shape index (κ2) is 3.70. The Balaban J connectivity index is 2.35. The van der Waals surface area contributed by atoms with Crippen molar-refractivity contribution in [3.05, 3.63) is 24.4 Å². The summed E-state index contributed by atoms with van der Waals surface area (Å²) in [6, 6.07) is 0. The van der Waals surface area contributed by atoms with Gasteiger partial charge in [-0.15, -0.1) is 6.58 Å². The summed E-state index contributed by atoms with van der Waals surface area (Å²) in [5.74, 6) is -0.166. The Morgan fingerprint density at radius 3 is 2.06 bits per heavy atom. The van der Waals surface area contributed by atoms with E-state index in [-0.39, 0.29) is 23.7 Å². The van der Waals surface area contributed by atoms with Gasteiger partial charge >= 0.3 is 0 Å². The lowest BCUT2D eigenvalue weighted by Crippen LogP contribution is -2.51. The molecule has 1 aliphatic heterocycles. The van der Waals surface area contributed by atoms with E-state index >= 15 is 0 Å². The van der Waals surface area contributed by atoms with Crippen LogP contribution in [0.4, 0.5) is 0 Å². The molecule has 0 saturated carbocycles. The van der Waals surface area contributed by atoms with Crippen LogP contribution in [0.25, 0.3) is 0 Å². The number of carbonyl (C=O) groups excluding carboxylic acids is 2. The van der Waals surface area contributed by atoms with E-state index in [1.807, 2.05) is 25.2 Å². The molecule has 16 heavy (non-hydrogen) atoms. The van der Waals surface area contributed by atoms with Gasteiger partial charge in [0.2, 0.25) is 11.8 Å². The number of hydrogen-bond acceptors (Lipinski definition) is 2. The summed E-state index contributed by atoms with van der Waals surface area (Å²) in [6.07, 6.45) is 5.46. The van der Waals surface area contributed by atoms with Crippen LogP contribution in [0.15, 0.2) is 24.4 Å². The second-order valence-electron chi connectivity index (χ2n) is 5.03. The number of rotatable bonds is 2. The third kappa shape index (κ3) is 1.48. The SMILES string of the molecule is C=C[Si](C)(C)N1C(=O)C2CC=CCC2C1=O. The maximum absolute atomic E-state index is 12.2. The Morgan fingerprint density at radius 2 is 1.69 bits per heavy atom. The number of amides is 2. The molecule has 0 aromatic rings. The van der Waals surface area contributed by atoms with E-state index in [9.17, 15) is 9.59 Å². The van der Waals surface area contributed by atoms with Gasteiger partial charge in [0.1, 0.15) is 0 Å². The summed E-state index contributed by atoms with van der Waals surface area (Å²) in [6.45, 7) is 7.74. The van der Waals surface area contributed by atoms with Crippen molar-refractivity contribution in [2.75, 3.05) is 0 Å². The molecule has 3 nitrogen and oxygen atoms in total. The summed E-state index contributed by atoms with van der Waals surface area (Å²) in [4.78, 5) is 24.4. The molecule has 0 aromatic carbocycles. The first-order valence-corrected chi connectivity index (χ1v) is 8.68. The third-order valence-corrected chi connectivity index (χ3v) is 6.18. The first-order valence-electron chi connectivity index (χ1n) is 5.65. The van der Waals surface area contributed by atoms with Crippen LogP contribution in [0, 0.1) is 11.8 Å². The van der Waals surface area contributed by atoms with Crippen LogP contribution in [-0.2, 0) is 9.59 Å². The highest BCUT2D eigenvalue weighted by molar-refractivity contribution is 6.83. The minimum Gasteiger partial charge on any atom is -0.308 e. The van der Waals surface area contributed by atoms with Gasteiger partial charge in [-0.3, -0.25) is 9.59 Å². The van der Waals surface area contributed by atoms with Crippen LogP contribution in [-0.4, -0.2) is 24.6 Å². The maximum atomic E-state index is 12.2. The van der Waals surface area contributed by atoms with Gasteiger partial charge in [0, 0.05) is 0 Å². The molecule has 0 aromatic heterocycles. The Bertz CT molecular complexity index is 360. The third-order valence-electron chi connectivity index (χ3n) is 3.58. The van der Waals surface area contributed by atoms with Gasteiger partial charge in [-0.25, -0.2) is 0 Å². The molecule has 0 radical (unpaired) electrons. The van der Waals surface area contributed by atoms with Crippen LogP contribution in [0.1, 0.15) is 12.8 Å². The predicted octanol–water partition coefficient (Wildman–Crippen LogP) is 1.87. The van der Waals surface area contributed by atoms with Crippen molar-refractivity contribution in [1.29, 1.82) is 0 Å². The summed E-state index contributed by atoms with van der Waals surface area (Å²) in [5.41, 5.74) is 1.80. The summed E-state index contributed by atoms with van der Waals surface area (Å²) in [7, 11) is -2.09. The van der Waals surface area contributed by atoms with Gasteiger partial charge in [0.25, 0.3) is 0 Å². The molecule has 2 unspecified atom stereocenters. The average molecular weight is 235 g/mol. The topological polar surface area (TPSA) is 37.4 Å². The highest BCUT2D eigenvalue weighted by atomic mass is 28.3. The van der Waals surface area contributed by atoms with Gasteiger partial charge in [-0.1, -0.05) is 17.9 Å². The molecule has 0 bridgehead atoms. The van der Waals surface area contributed by atoms with Gasteiger partial charge in [0.15, 0.2) is 8.24 Å². The number of allylic oxidation sites excluding steroid dienone is 2. The van der Waals surface area contributed by atoms with Crippen molar-refractivity contribution in [1.82, 2.24) is 4.57 Å². The molecule has 1 heterocycles. The van der Waals surface area contributed by atoms with Gasteiger partial charge in [-0.2, -0.15) is 0 Å². The van der Waals surface area contributed by atoms with Crippen molar-refractivity contribution in [3.8, 4) is 0 Å². The van der Waals surface area contributed by atoms with E-state index in [1.165, 1.54) is 4.57 Å². The molecule has 1 saturated heterocycles. The molecular weight excluding hydrogens is 218 g/mol. The molecule has 1 aliphatic carbocycles. The van der Waals surface area contributed by atoms with Crippen LogP contribution < -0.4 is 0 Å². The largest absolute Gasteiger partial charge is 0.308 e. The van der Waals surface area contributed by atoms with Gasteiger partial charge in [-0.05, 0) is 25.9 Å². The number of imide groups is 1. The highest BCUT2D eigenvalue weighted by Crippen LogP contribution is 2.37. The monoisotopic (exact) mass is 235 g/mol. The summed E-state index contributed by atoms with van der Waals surface area (Å²) >= 11 is 0. The lowest BCUT2D eigenvalue weighted by atomic mass is 9.85. The van der Waals surface area contributed by atoms with Crippen LogP contribution in [0.3, 0.4) is 0 Å². The van der Waals surface area contributed by atoms with E-state index < -0.39 is 8.24 Å². The molecule has 4 heteroatoms. The summed E-state index contributed by atoms with van der Waals surface area (Å²) < 4.78 is 1.53. The van der Waals surface area contributed by atoms with Gasteiger partial charge in [0.05, 0.1) is 11.8 Å². The van der Waals surface area contributed by atoms with Crippen molar-refractivity contribution in [2.24, 2.45) is 11.8 Å². The van der Waals surface area contributed by atoms with Crippen molar-refractivity contribution < 1.29 is 9.59 Å².